The van der Waals surface area contributed by atoms with E-state index in [1.165, 1.54) is 42.4 Å². The Bertz CT molecular complexity index is 1130. The first-order chi connectivity index (χ1) is 19.3. The Morgan fingerprint density at radius 3 is 2.05 bits per heavy atom. The molecule has 216 valence electrons. The topological polar surface area (TPSA) is 40.5 Å². The van der Waals surface area contributed by atoms with Crippen molar-refractivity contribution in [2.24, 2.45) is 52.3 Å². The van der Waals surface area contributed by atoms with E-state index in [2.05, 4.69) is 94.4 Å². The van der Waals surface area contributed by atoms with Crippen molar-refractivity contribution in [1.82, 2.24) is 0 Å². The molecule has 4 saturated carbocycles. The molecule has 0 spiro atoms. The summed E-state index contributed by atoms with van der Waals surface area (Å²) in [6.45, 7) is 9.93. The average Bonchev–Trinajstić information content (AvgIpc) is 3.32. The maximum Gasteiger partial charge on any atom is 0.0605 e. The standard InChI is InChI=1S/C38H52O2/c1-5-29-34-24-28(39)20-22-38(34,4)33-21-23-37(3)31(18-19-32(37)35(33)36(29)40)25(2)16-17-30(26-12-8-6-9-13-26)27-14-10-7-11-15-27/h6-15,17,25,28-29,31-36,39-40H,5,16,18-24H2,1-4H3/t25-,28-,29-,31-,32?,33?,34?,35?,36?,37-,38-/m1/s1. The van der Waals surface area contributed by atoms with Crippen molar-refractivity contribution in [3.05, 3.63) is 77.9 Å². The Kier molecular flexibility index (Phi) is 7.81. The summed E-state index contributed by atoms with van der Waals surface area (Å²) in [6.07, 6.45) is 12.4. The van der Waals surface area contributed by atoms with E-state index in [9.17, 15) is 10.2 Å². The Labute approximate surface area is 243 Å². The molecule has 2 nitrogen and oxygen atoms in total. The van der Waals surface area contributed by atoms with E-state index in [1.807, 2.05) is 0 Å². The lowest BCUT2D eigenvalue weighted by Crippen LogP contribution is -2.62. The van der Waals surface area contributed by atoms with Crippen LogP contribution in [0.3, 0.4) is 0 Å². The van der Waals surface area contributed by atoms with Gasteiger partial charge in [0, 0.05) is 0 Å². The van der Waals surface area contributed by atoms with Crippen molar-refractivity contribution in [3.8, 4) is 0 Å². The molecule has 40 heavy (non-hydrogen) atoms. The first-order valence-corrected chi connectivity index (χ1v) is 16.4. The maximum absolute atomic E-state index is 12.0. The number of allylic oxidation sites excluding steroid dienone is 1. The molecule has 5 unspecified atom stereocenters. The van der Waals surface area contributed by atoms with Crippen molar-refractivity contribution in [1.29, 1.82) is 0 Å². The van der Waals surface area contributed by atoms with Crippen molar-refractivity contribution < 1.29 is 10.2 Å². The van der Waals surface area contributed by atoms with Crippen LogP contribution in [0.25, 0.3) is 5.57 Å². The number of benzene rings is 2. The summed E-state index contributed by atoms with van der Waals surface area (Å²) < 4.78 is 0. The zero-order chi connectivity index (χ0) is 28.1. The zero-order valence-electron chi connectivity index (χ0n) is 25.3. The molecule has 2 N–H and O–H groups in total. The molecule has 2 heteroatoms. The molecule has 2 aromatic rings. The highest BCUT2D eigenvalue weighted by Crippen LogP contribution is 2.69. The number of hydrogen-bond donors (Lipinski definition) is 2. The van der Waals surface area contributed by atoms with E-state index in [4.69, 9.17) is 0 Å². The van der Waals surface area contributed by atoms with Gasteiger partial charge in [-0.3, -0.25) is 0 Å². The molecule has 4 aliphatic rings. The summed E-state index contributed by atoms with van der Waals surface area (Å²) in [5.74, 6) is 3.78. The number of fused-ring (bicyclic) bond motifs is 5. The second kappa shape index (κ2) is 11.1. The summed E-state index contributed by atoms with van der Waals surface area (Å²) in [4.78, 5) is 0. The van der Waals surface area contributed by atoms with Crippen LogP contribution in [0.4, 0.5) is 0 Å². The first-order valence-electron chi connectivity index (χ1n) is 16.4. The molecule has 0 bridgehead atoms. The third kappa shape index (κ3) is 4.62. The van der Waals surface area contributed by atoms with Crippen molar-refractivity contribution >= 4 is 5.57 Å². The van der Waals surface area contributed by atoms with E-state index in [1.54, 1.807) is 0 Å². The molecule has 4 aliphatic carbocycles. The van der Waals surface area contributed by atoms with Crippen LogP contribution >= 0.6 is 0 Å². The summed E-state index contributed by atoms with van der Waals surface area (Å²) in [5, 5.41) is 22.6. The predicted molar refractivity (Wildman–Crippen MR) is 166 cm³/mol. The van der Waals surface area contributed by atoms with Gasteiger partial charge in [-0.2, -0.15) is 0 Å². The minimum atomic E-state index is -0.209. The van der Waals surface area contributed by atoms with Gasteiger partial charge < -0.3 is 10.2 Å². The monoisotopic (exact) mass is 540 g/mol. The highest BCUT2D eigenvalue weighted by Gasteiger charge is 2.64. The first kappa shape index (κ1) is 28.2. The summed E-state index contributed by atoms with van der Waals surface area (Å²) in [7, 11) is 0. The third-order valence-corrected chi connectivity index (χ3v) is 13.0. The average molecular weight is 541 g/mol. The molecular formula is C38H52O2. The van der Waals surface area contributed by atoms with Gasteiger partial charge in [0.15, 0.2) is 0 Å². The van der Waals surface area contributed by atoms with Gasteiger partial charge in [0.1, 0.15) is 0 Å². The van der Waals surface area contributed by atoms with Gasteiger partial charge in [0.25, 0.3) is 0 Å². The van der Waals surface area contributed by atoms with Crippen LogP contribution in [0.1, 0.15) is 96.6 Å². The predicted octanol–water partition coefficient (Wildman–Crippen LogP) is 8.77. The van der Waals surface area contributed by atoms with Gasteiger partial charge in [0.2, 0.25) is 0 Å². The Hall–Kier alpha value is -1.90. The lowest BCUT2D eigenvalue weighted by molar-refractivity contribution is -0.203. The van der Waals surface area contributed by atoms with Crippen LogP contribution in [0, 0.1) is 52.3 Å². The lowest BCUT2D eigenvalue weighted by atomic mass is 9.41. The molecule has 0 amide bonds. The number of hydrogen-bond acceptors (Lipinski definition) is 2. The van der Waals surface area contributed by atoms with E-state index in [0.717, 1.165) is 32.1 Å². The van der Waals surface area contributed by atoms with Crippen molar-refractivity contribution in [2.45, 2.75) is 97.7 Å². The second-order valence-corrected chi connectivity index (χ2v) is 14.7. The van der Waals surface area contributed by atoms with Gasteiger partial charge in [-0.1, -0.05) is 101 Å². The highest BCUT2D eigenvalue weighted by atomic mass is 16.3. The lowest BCUT2D eigenvalue weighted by Gasteiger charge is -2.64. The number of rotatable bonds is 6. The molecule has 11 atom stereocenters. The Balaban J connectivity index is 1.26. The molecule has 0 aromatic heterocycles. The zero-order valence-corrected chi connectivity index (χ0v) is 25.3. The van der Waals surface area contributed by atoms with Gasteiger partial charge in [-0.15, -0.1) is 0 Å². The van der Waals surface area contributed by atoms with Crippen LogP contribution in [0.2, 0.25) is 0 Å². The van der Waals surface area contributed by atoms with Crippen LogP contribution in [0.5, 0.6) is 0 Å². The fraction of sp³-hybridized carbons (Fsp3) is 0.632. The molecule has 0 saturated heterocycles. The van der Waals surface area contributed by atoms with E-state index in [-0.39, 0.29) is 17.6 Å². The van der Waals surface area contributed by atoms with E-state index in [0.29, 0.717) is 46.8 Å². The summed E-state index contributed by atoms with van der Waals surface area (Å²) in [5.41, 5.74) is 4.53. The Morgan fingerprint density at radius 1 is 0.825 bits per heavy atom. The molecule has 6 rings (SSSR count). The van der Waals surface area contributed by atoms with Crippen molar-refractivity contribution in [2.75, 3.05) is 0 Å². The van der Waals surface area contributed by atoms with Crippen molar-refractivity contribution in [3.63, 3.8) is 0 Å². The van der Waals surface area contributed by atoms with Gasteiger partial charge in [0.05, 0.1) is 12.2 Å². The minimum Gasteiger partial charge on any atom is -0.393 e. The van der Waals surface area contributed by atoms with E-state index < -0.39 is 0 Å². The SMILES string of the molecule is CC[C@H]1C(O)C2C(CC[C@@]3(C)C2CC[C@@H]3[C@H](C)CC=C(c2ccccc2)c2ccccc2)[C@@]2(C)CC[C@@H](O)CC12. The molecule has 0 radical (unpaired) electrons. The number of aliphatic hydroxyl groups excluding tert-OH is 2. The van der Waals surface area contributed by atoms with Crippen LogP contribution in [0.15, 0.2) is 66.7 Å². The maximum atomic E-state index is 12.0. The highest BCUT2D eigenvalue weighted by molar-refractivity contribution is 5.79. The largest absolute Gasteiger partial charge is 0.393 e. The quantitative estimate of drug-likeness (QED) is 0.384. The molecule has 4 fully saturated rings. The Morgan fingerprint density at radius 2 is 1.43 bits per heavy atom. The van der Waals surface area contributed by atoms with Crippen LogP contribution in [-0.2, 0) is 0 Å². The molecular weight excluding hydrogens is 488 g/mol. The second-order valence-electron chi connectivity index (χ2n) is 14.7. The molecule has 2 aromatic carbocycles. The molecule has 0 heterocycles. The van der Waals surface area contributed by atoms with Crippen LogP contribution in [-0.4, -0.2) is 22.4 Å². The molecule has 0 aliphatic heterocycles. The fourth-order valence-electron chi connectivity index (χ4n) is 11.0. The number of aliphatic hydroxyl groups is 2. The fourth-order valence-corrected chi connectivity index (χ4v) is 11.0. The van der Waals surface area contributed by atoms with E-state index >= 15 is 0 Å². The summed E-state index contributed by atoms with van der Waals surface area (Å²) in [6, 6.07) is 21.8. The normalized spacial score (nSPS) is 41.4. The third-order valence-electron chi connectivity index (χ3n) is 13.0. The van der Waals surface area contributed by atoms with Gasteiger partial charge >= 0.3 is 0 Å². The van der Waals surface area contributed by atoms with Crippen LogP contribution < -0.4 is 0 Å². The van der Waals surface area contributed by atoms with Gasteiger partial charge in [-0.25, -0.2) is 0 Å². The summed E-state index contributed by atoms with van der Waals surface area (Å²) >= 11 is 0. The smallest absolute Gasteiger partial charge is 0.0605 e. The minimum absolute atomic E-state index is 0.175. The van der Waals surface area contributed by atoms with Gasteiger partial charge in [-0.05, 0) is 120 Å².